The summed E-state index contributed by atoms with van der Waals surface area (Å²) >= 11 is 0. The molecular weight excluding hydrogens is 276 g/mol. The largest absolute Gasteiger partial charge is 0.503 e. The quantitative estimate of drug-likeness (QED) is 0.673. The highest BCUT2D eigenvalue weighted by Crippen LogP contribution is 2.20. The number of unbranched alkanes of at least 4 members (excludes halogenated alkanes) is 3. The predicted octanol–water partition coefficient (Wildman–Crippen LogP) is 5.70. The Morgan fingerprint density at radius 2 is 1.36 bits per heavy atom. The van der Waals surface area contributed by atoms with Crippen LogP contribution in [-0.2, 0) is 6.42 Å². The second-order valence-electron chi connectivity index (χ2n) is 5.16. The zero-order valence-corrected chi connectivity index (χ0v) is 13.0. The van der Waals surface area contributed by atoms with Gasteiger partial charge >= 0.3 is 6.16 Å². The Morgan fingerprint density at radius 3 is 1.91 bits per heavy atom. The Labute approximate surface area is 132 Å². The molecule has 3 heteroatoms. The van der Waals surface area contributed by atoms with Gasteiger partial charge in [0.15, 0.2) is 0 Å². The molecule has 0 bridgehead atoms. The number of rotatable bonds is 6. The van der Waals surface area contributed by atoms with Crippen LogP contribution in [0.25, 0.3) is 11.1 Å². The molecule has 2 rings (SSSR count). The maximum absolute atomic E-state index is 8.56. The molecule has 2 aromatic carbocycles. The van der Waals surface area contributed by atoms with Crippen molar-refractivity contribution in [2.45, 2.75) is 39.0 Å². The van der Waals surface area contributed by atoms with Crippen LogP contribution in [0, 0.1) is 0 Å². The van der Waals surface area contributed by atoms with E-state index in [0.717, 1.165) is 0 Å². The van der Waals surface area contributed by atoms with E-state index in [1.165, 1.54) is 48.8 Å². The van der Waals surface area contributed by atoms with Crippen LogP contribution in [0.2, 0.25) is 0 Å². The van der Waals surface area contributed by atoms with Crippen molar-refractivity contribution >= 4 is 6.16 Å². The fraction of sp³-hybridized carbons (Fsp3) is 0.316. The number of carbonyl (C=O) groups is 1. The van der Waals surface area contributed by atoms with Crippen LogP contribution in [-0.4, -0.2) is 16.4 Å². The lowest BCUT2D eigenvalue weighted by Crippen LogP contribution is -1.86. The third-order valence-electron chi connectivity index (χ3n) is 3.38. The zero-order valence-electron chi connectivity index (χ0n) is 13.0. The molecule has 0 aliphatic rings. The first-order chi connectivity index (χ1) is 10.6. The number of benzene rings is 2. The van der Waals surface area contributed by atoms with Crippen LogP contribution in [0.5, 0.6) is 0 Å². The predicted molar refractivity (Wildman–Crippen MR) is 90.4 cm³/mol. The van der Waals surface area contributed by atoms with E-state index in [4.69, 9.17) is 15.0 Å². The average Bonchev–Trinajstić information content (AvgIpc) is 2.53. The second-order valence-corrected chi connectivity index (χ2v) is 5.16. The van der Waals surface area contributed by atoms with Crippen molar-refractivity contribution in [3.8, 4) is 11.1 Å². The average molecular weight is 300 g/mol. The summed E-state index contributed by atoms with van der Waals surface area (Å²) in [6.07, 6.45) is 4.74. The zero-order chi connectivity index (χ0) is 16.2. The van der Waals surface area contributed by atoms with Gasteiger partial charge in [-0.05, 0) is 29.5 Å². The first kappa shape index (κ1) is 17.8. The van der Waals surface area contributed by atoms with E-state index in [2.05, 4.69) is 61.5 Å². The normalized spacial score (nSPS) is 9.68. The Hall–Kier alpha value is -2.29. The van der Waals surface area contributed by atoms with Gasteiger partial charge in [0.25, 0.3) is 0 Å². The molecule has 0 amide bonds. The lowest BCUT2D eigenvalue weighted by atomic mass is 10.0. The highest BCUT2D eigenvalue weighted by molar-refractivity contribution is 5.63. The van der Waals surface area contributed by atoms with Crippen molar-refractivity contribution in [1.82, 2.24) is 0 Å². The monoisotopic (exact) mass is 300 g/mol. The minimum Gasteiger partial charge on any atom is -0.450 e. The van der Waals surface area contributed by atoms with Crippen LogP contribution in [0.1, 0.15) is 38.2 Å². The first-order valence-electron chi connectivity index (χ1n) is 7.69. The number of hydrogen-bond acceptors (Lipinski definition) is 1. The van der Waals surface area contributed by atoms with Gasteiger partial charge in [0.1, 0.15) is 0 Å². The Bertz CT molecular complexity index is 528. The van der Waals surface area contributed by atoms with E-state index in [-0.39, 0.29) is 0 Å². The molecule has 0 spiro atoms. The van der Waals surface area contributed by atoms with Crippen LogP contribution < -0.4 is 0 Å². The third-order valence-corrected chi connectivity index (χ3v) is 3.38. The lowest BCUT2D eigenvalue weighted by molar-refractivity contribution is 0.137. The minimum atomic E-state index is -1.83. The number of aryl methyl sites for hydroxylation is 1. The van der Waals surface area contributed by atoms with E-state index in [0.29, 0.717) is 0 Å². The molecule has 22 heavy (non-hydrogen) atoms. The van der Waals surface area contributed by atoms with Crippen molar-refractivity contribution in [3.05, 3.63) is 60.2 Å². The summed E-state index contributed by atoms with van der Waals surface area (Å²) in [7, 11) is 0. The smallest absolute Gasteiger partial charge is 0.450 e. The van der Waals surface area contributed by atoms with Gasteiger partial charge in [-0.1, -0.05) is 80.8 Å². The number of carboxylic acid groups (broad SMARTS) is 2. The summed E-state index contributed by atoms with van der Waals surface area (Å²) in [4.78, 5) is 8.56. The van der Waals surface area contributed by atoms with Crippen molar-refractivity contribution in [2.24, 2.45) is 0 Å². The van der Waals surface area contributed by atoms with Crippen molar-refractivity contribution in [1.29, 1.82) is 0 Å². The molecule has 0 heterocycles. The van der Waals surface area contributed by atoms with Crippen LogP contribution in [0.3, 0.4) is 0 Å². The summed E-state index contributed by atoms with van der Waals surface area (Å²) in [5, 5.41) is 13.9. The summed E-state index contributed by atoms with van der Waals surface area (Å²) in [6.45, 7) is 2.26. The first-order valence-corrected chi connectivity index (χ1v) is 7.69. The molecule has 0 atom stereocenters. The maximum Gasteiger partial charge on any atom is 0.503 e. The highest BCUT2D eigenvalue weighted by atomic mass is 16.6. The van der Waals surface area contributed by atoms with Crippen molar-refractivity contribution in [2.75, 3.05) is 0 Å². The van der Waals surface area contributed by atoms with Gasteiger partial charge in [0.2, 0.25) is 0 Å². The van der Waals surface area contributed by atoms with Gasteiger partial charge in [0.05, 0.1) is 0 Å². The fourth-order valence-electron chi connectivity index (χ4n) is 2.25. The molecule has 118 valence electrons. The van der Waals surface area contributed by atoms with E-state index in [9.17, 15) is 0 Å². The molecule has 0 unspecified atom stereocenters. The molecule has 2 aromatic rings. The van der Waals surface area contributed by atoms with Gasteiger partial charge in [-0.3, -0.25) is 0 Å². The Morgan fingerprint density at radius 1 is 0.818 bits per heavy atom. The second kappa shape index (κ2) is 10.4. The number of hydrogen-bond donors (Lipinski definition) is 2. The maximum atomic E-state index is 8.56. The van der Waals surface area contributed by atoms with Gasteiger partial charge in [-0.2, -0.15) is 0 Å². The molecule has 3 nitrogen and oxygen atoms in total. The van der Waals surface area contributed by atoms with Crippen LogP contribution in [0.4, 0.5) is 4.79 Å². The molecule has 0 fully saturated rings. The minimum absolute atomic E-state index is 1.22. The van der Waals surface area contributed by atoms with E-state index in [1.54, 1.807) is 0 Å². The fourth-order valence-corrected chi connectivity index (χ4v) is 2.25. The van der Waals surface area contributed by atoms with E-state index in [1.807, 2.05) is 0 Å². The highest BCUT2D eigenvalue weighted by Gasteiger charge is 1.97. The molecule has 0 saturated carbocycles. The molecule has 0 saturated heterocycles. The standard InChI is InChI=1S/C18H22.CH2O3/c1-2-3-4-6-9-16-12-14-18(15-13-16)17-10-7-5-8-11-17;2-1(3)4/h5,7-8,10-15H,2-4,6,9H2,1H3;(H2,2,3,4). The van der Waals surface area contributed by atoms with Crippen molar-refractivity contribution in [3.63, 3.8) is 0 Å². The SMILES string of the molecule is CCCCCCc1ccc(-c2ccccc2)cc1.O=C(O)O. The van der Waals surface area contributed by atoms with Gasteiger partial charge in [-0.25, -0.2) is 4.79 Å². The molecule has 2 N–H and O–H groups in total. The van der Waals surface area contributed by atoms with Crippen LogP contribution in [0.15, 0.2) is 54.6 Å². The molecule has 0 radical (unpaired) electrons. The Balaban J connectivity index is 0.000000541. The van der Waals surface area contributed by atoms with Gasteiger partial charge < -0.3 is 10.2 Å². The summed E-state index contributed by atoms with van der Waals surface area (Å²) in [5.74, 6) is 0. The van der Waals surface area contributed by atoms with Gasteiger partial charge in [-0.15, -0.1) is 0 Å². The summed E-state index contributed by atoms with van der Waals surface area (Å²) < 4.78 is 0. The molecule has 0 aliphatic carbocycles. The van der Waals surface area contributed by atoms with E-state index >= 15 is 0 Å². The molecule has 0 aromatic heterocycles. The van der Waals surface area contributed by atoms with Crippen molar-refractivity contribution < 1.29 is 15.0 Å². The summed E-state index contributed by atoms with van der Waals surface area (Å²) in [6, 6.07) is 19.6. The van der Waals surface area contributed by atoms with Crippen LogP contribution >= 0.6 is 0 Å². The Kier molecular flexibility index (Phi) is 8.43. The molecule has 0 aliphatic heterocycles. The lowest BCUT2D eigenvalue weighted by Gasteiger charge is -2.04. The summed E-state index contributed by atoms with van der Waals surface area (Å²) in [5.41, 5.74) is 4.08. The topological polar surface area (TPSA) is 57.5 Å². The molecular formula is C19H24O3. The van der Waals surface area contributed by atoms with Gasteiger partial charge in [0, 0.05) is 0 Å². The van der Waals surface area contributed by atoms with E-state index < -0.39 is 6.16 Å². The third kappa shape index (κ3) is 7.48.